The Morgan fingerprint density at radius 2 is 1.62 bits per heavy atom. The summed E-state index contributed by atoms with van der Waals surface area (Å²) < 4.78 is 16.9. The maximum Gasteiger partial charge on any atom is 0.329 e. The Labute approximate surface area is 194 Å². The Morgan fingerprint density at radius 1 is 0.882 bits per heavy atom. The third-order valence-electron chi connectivity index (χ3n) is 5.38. The molecule has 0 spiro atoms. The van der Waals surface area contributed by atoms with Crippen LogP contribution in [0.2, 0.25) is 0 Å². The number of carbonyl (C=O) groups excluding carboxylic acids is 1. The van der Waals surface area contributed by atoms with Crippen LogP contribution >= 0.6 is 0 Å². The van der Waals surface area contributed by atoms with Crippen LogP contribution in [0.4, 0.5) is 5.69 Å². The van der Waals surface area contributed by atoms with Gasteiger partial charge in [0.1, 0.15) is 5.75 Å². The molecule has 0 atom stereocenters. The van der Waals surface area contributed by atoms with Gasteiger partial charge in [-0.3, -0.25) is 14.2 Å². The van der Waals surface area contributed by atoms with E-state index in [1.54, 1.807) is 54.6 Å². The molecule has 0 aliphatic rings. The van der Waals surface area contributed by atoms with Crippen molar-refractivity contribution in [3.05, 3.63) is 92.6 Å². The molecule has 9 nitrogen and oxygen atoms in total. The molecule has 4 rings (SSSR count). The fraction of sp³-hybridized carbons (Fsp3) is 0.160. The predicted octanol–water partition coefficient (Wildman–Crippen LogP) is 3.02. The van der Waals surface area contributed by atoms with Gasteiger partial charge in [0.05, 0.1) is 44.3 Å². The number of aromatic nitrogens is 2. The predicted molar refractivity (Wildman–Crippen MR) is 128 cm³/mol. The van der Waals surface area contributed by atoms with Gasteiger partial charge < -0.3 is 24.5 Å². The van der Waals surface area contributed by atoms with Gasteiger partial charge in [0.15, 0.2) is 11.5 Å². The minimum atomic E-state index is -0.543. The molecule has 0 fully saturated rings. The highest BCUT2D eigenvalue weighted by atomic mass is 16.5. The molecule has 0 saturated heterocycles. The third kappa shape index (κ3) is 4.36. The van der Waals surface area contributed by atoms with E-state index in [1.165, 1.54) is 27.4 Å². The minimum absolute atomic E-state index is 0.0300. The summed E-state index contributed by atoms with van der Waals surface area (Å²) in [5.41, 5.74) is 0.793. The van der Waals surface area contributed by atoms with Crippen LogP contribution in [0.15, 0.2) is 70.3 Å². The lowest BCUT2D eigenvalue weighted by Gasteiger charge is -2.12. The second kappa shape index (κ2) is 9.53. The van der Waals surface area contributed by atoms with Crippen molar-refractivity contribution in [2.45, 2.75) is 6.54 Å². The average Bonchev–Trinajstić information content (AvgIpc) is 2.86. The molecule has 1 aromatic heterocycles. The number of ether oxygens (including phenoxy) is 3. The molecule has 34 heavy (non-hydrogen) atoms. The molecule has 2 N–H and O–H groups in total. The fourth-order valence-electron chi connectivity index (χ4n) is 3.66. The van der Waals surface area contributed by atoms with Crippen molar-refractivity contribution in [1.82, 2.24) is 9.55 Å². The maximum atomic E-state index is 13.2. The minimum Gasteiger partial charge on any atom is -0.496 e. The maximum absolute atomic E-state index is 13.2. The second-order valence-electron chi connectivity index (χ2n) is 7.43. The lowest BCUT2D eigenvalue weighted by Crippen LogP contribution is -2.35. The number of fused-ring (bicyclic) bond motifs is 1. The number of nitrogens with zero attached hydrogens (tertiary/aromatic N) is 1. The van der Waals surface area contributed by atoms with Gasteiger partial charge in [-0.1, -0.05) is 18.2 Å². The van der Waals surface area contributed by atoms with E-state index in [2.05, 4.69) is 10.3 Å². The zero-order valence-corrected chi connectivity index (χ0v) is 18.9. The molecule has 1 amide bonds. The number of anilines is 1. The highest BCUT2D eigenvalue weighted by molar-refractivity contribution is 6.06. The number of H-pyrrole nitrogens is 1. The van der Waals surface area contributed by atoms with E-state index >= 15 is 0 Å². The van der Waals surface area contributed by atoms with E-state index in [1.807, 2.05) is 0 Å². The van der Waals surface area contributed by atoms with E-state index in [4.69, 9.17) is 14.2 Å². The number of rotatable bonds is 7. The Hall–Kier alpha value is -4.53. The van der Waals surface area contributed by atoms with E-state index in [0.717, 1.165) is 4.57 Å². The number of aromatic amines is 1. The summed E-state index contributed by atoms with van der Waals surface area (Å²) in [4.78, 5) is 41.3. The van der Waals surface area contributed by atoms with Gasteiger partial charge in [-0.2, -0.15) is 0 Å². The second-order valence-corrected chi connectivity index (χ2v) is 7.43. The van der Waals surface area contributed by atoms with Gasteiger partial charge in [-0.15, -0.1) is 0 Å². The number of hydrogen-bond donors (Lipinski definition) is 2. The zero-order chi connectivity index (χ0) is 24.2. The highest BCUT2D eigenvalue weighted by Gasteiger charge is 2.14. The zero-order valence-electron chi connectivity index (χ0n) is 18.9. The first-order chi connectivity index (χ1) is 16.4. The van der Waals surface area contributed by atoms with Gasteiger partial charge in [0, 0.05) is 5.69 Å². The van der Waals surface area contributed by atoms with Crippen molar-refractivity contribution in [1.29, 1.82) is 0 Å². The number of para-hydroxylation sites is 1. The quantitative estimate of drug-likeness (QED) is 0.438. The van der Waals surface area contributed by atoms with Gasteiger partial charge in [-0.05, 0) is 48.0 Å². The Kier molecular flexibility index (Phi) is 6.35. The van der Waals surface area contributed by atoms with Gasteiger partial charge >= 0.3 is 5.69 Å². The van der Waals surface area contributed by atoms with Crippen LogP contribution in [0.1, 0.15) is 15.9 Å². The first-order valence-corrected chi connectivity index (χ1v) is 10.4. The molecule has 0 aliphatic carbocycles. The molecule has 174 valence electrons. The smallest absolute Gasteiger partial charge is 0.329 e. The highest BCUT2D eigenvalue weighted by Crippen LogP contribution is 2.27. The first kappa shape index (κ1) is 22.7. The third-order valence-corrected chi connectivity index (χ3v) is 5.38. The van der Waals surface area contributed by atoms with Crippen molar-refractivity contribution >= 4 is 22.5 Å². The summed E-state index contributed by atoms with van der Waals surface area (Å²) in [5.74, 6) is 1.09. The van der Waals surface area contributed by atoms with Crippen LogP contribution in [-0.2, 0) is 6.54 Å². The average molecular weight is 461 g/mol. The molecule has 3 aromatic carbocycles. The SMILES string of the molecule is COc1ccc(Cn2c(=O)[nH]c3ccc(NC(=O)c4ccccc4OC)cc3c2=O)cc1OC. The molecular formula is C25H23N3O6. The fourth-order valence-corrected chi connectivity index (χ4v) is 3.66. The van der Waals surface area contributed by atoms with Crippen molar-refractivity contribution in [3.8, 4) is 17.2 Å². The largest absolute Gasteiger partial charge is 0.496 e. The van der Waals surface area contributed by atoms with Crippen LogP contribution < -0.4 is 30.8 Å². The monoisotopic (exact) mass is 461 g/mol. The molecule has 0 saturated carbocycles. The van der Waals surface area contributed by atoms with Crippen LogP contribution in [0.3, 0.4) is 0 Å². The molecular weight excluding hydrogens is 438 g/mol. The Bertz CT molecular complexity index is 1490. The number of nitrogens with one attached hydrogen (secondary N) is 2. The van der Waals surface area contributed by atoms with Crippen molar-refractivity contribution in [2.24, 2.45) is 0 Å². The van der Waals surface area contributed by atoms with Crippen LogP contribution in [0, 0.1) is 0 Å². The summed E-state index contributed by atoms with van der Waals surface area (Å²) in [6, 6.07) is 16.7. The number of hydrogen-bond acceptors (Lipinski definition) is 6. The van der Waals surface area contributed by atoms with E-state index in [9.17, 15) is 14.4 Å². The van der Waals surface area contributed by atoms with Gasteiger partial charge in [0.2, 0.25) is 0 Å². The standard InChI is InChI=1S/C25H23N3O6/c1-32-20-7-5-4-6-17(20)23(29)26-16-9-10-19-18(13-16)24(30)28(25(31)27-19)14-15-8-11-21(33-2)22(12-15)34-3/h4-13H,14H2,1-3H3,(H,26,29)(H,27,31). The van der Waals surface area contributed by atoms with Crippen molar-refractivity contribution in [2.75, 3.05) is 26.6 Å². The van der Waals surface area contributed by atoms with Gasteiger partial charge in [0.25, 0.3) is 11.5 Å². The van der Waals surface area contributed by atoms with Crippen molar-refractivity contribution < 1.29 is 19.0 Å². The Balaban J connectivity index is 1.69. The van der Waals surface area contributed by atoms with Crippen molar-refractivity contribution in [3.63, 3.8) is 0 Å². The number of methoxy groups -OCH3 is 3. The van der Waals surface area contributed by atoms with E-state index < -0.39 is 11.2 Å². The van der Waals surface area contributed by atoms with Crippen LogP contribution in [-0.4, -0.2) is 36.8 Å². The van der Waals surface area contributed by atoms with Gasteiger partial charge in [-0.25, -0.2) is 4.79 Å². The summed E-state index contributed by atoms with van der Waals surface area (Å²) in [5, 5.41) is 3.04. The van der Waals surface area contributed by atoms with Crippen LogP contribution in [0.5, 0.6) is 17.2 Å². The van der Waals surface area contributed by atoms with E-state index in [-0.39, 0.29) is 17.8 Å². The molecule has 0 bridgehead atoms. The van der Waals surface area contributed by atoms with Crippen LogP contribution in [0.25, 0.3) is 10.9 Å². The number of amides is 1. The van der Waals surface area contributed by atoms with E-state index in [0.29, 0.717) is 39.6 Å². The molecule has 4 aromatic rings. The lowest BCUT2D eigenvalue weighted by molar-refractivity contribution is 0.102. The Morgan fingerprint density at radius 3 is 2.35 bits per heavy atom. The number of carbonyl (C=O) groups is 1. The molecule has 1 heterocycles. The normalized spacial score (nSPS) is 10.7. The molecule has 0 aliphatic heterocycles. The summed E-state index contributed by atoms with van der Waals surface area (Å²) in [6.07, 6.45) is 0. The lowest BCUT2D eigenvalue weighted by atomic mass is 10.1. The molecule has 0 radical (unpaired) electrons. The number of benzene rings is 3. The first-order valence-electron chi connectivity index (χ1n) is 10.4. The summed E-state index contributed by atoms with van der Waals surface area (Å²) in [6.45, 7) is 0.0300. The topological polar surface area (TPSA) is 112 Å². The summed E-state index contributed by atoms with van der Waals surface area (Å²) >= 11 is 0. The molecule has 9 heteroatoms. The summed E-state index contributed by atoms with van der Waals surface area (Å²) in [7, 11) is 4.52. The molecule has 0 unspecified atom stereocenters.